The van der Waals surface area contributed by atoms with E-state index in [1.807, 2.05) is 0 Å². The summed E-state index contributed by atoms with van der Waals surface area (Å²) in [5.41, 5.74) is 0. The summed E-state index contributed by atoms with van der Waals surface area (Å²) in [6.07, 6.45) is 2.75. The Kier molecular flexibility index (Phi) is 2.53. The van der Waals surface area contributed by atoms with Crippen LogP contribution in [0.2, 0.25) is 0 Å². The summed E-state index contributed by atoms with van der Waals surface area (Å²) >= 11 is 0. The Morgan fingerprint density at radius 3 is 2.89 bits per heavy atom. The first kappa shape index (κ1) is 11.2. The van der Waals surface area contributed by atoms with Crippen LogP contribution in [-0.4, -0.2) is 38.1 Å². The van der Waals surface area contributed by atoms with Gasteiger partial charge in [-0.2, -0.15) is 4.98 Å². The van der Waals surface area contributed by atoms with Gasteiger partial charge in [0.1, 0.15) is 12.6 Å². The molecule has 1 aromatic rings. The average molecular weight is 251 g/mol. The Morgan fingerprint density at radius 2 is 2.22 bits per heavy atom. The van der Waals surface area contributed by atoms with Crippen LogP contribution < -0.4 is 0 Å². The minimum absolute atomic E-state index is 0.0928. The van der Waals surface area contributed by atoms with E-state index in [-0.39, 0.29) is 18.9 Å². The molecule has 2 heterocycles. The highest BCUT2D eigenvalue weighted by atomic mass is 16.5. The molecule has 96 valence electrons. The molecule has 2 aliphatic rings. The number of carbonyl (C=O) groups is 2. The van der Waals surface area contributed by atoms with Gasteiger partial charge in [0, 0.05) is 12.3 Å². The molecular weight excluding hydrogens is 238 g/mol. The van der Waals surface area contributed by atoms with Crippen LogP contribution in [0, 0.1) is 0 Å². The van der Waals surface area contributed by atoms with Crippen LogP contribution in [0.4, 0.5) is 0 Å². The standard InChI is InChI=1S/C11H13N3O4/c15-9-4-3-7(11(16)17)14(9)5-8-12-10(13-18-8)6-1-2-6/h6-7H,1-5H2,(H,16,17). The van der Waals surface area contributed by atoms with Crippen LogP contribution in [0.25, 0.3) is 0 Å². The second-order valence-corrected chi connectivity index (χ2v) is 4.73. The lowest BCUT2D eigenvalue weighted by atomic mass is 10.2. The van der Waals surface area contributed by atoms with Crippen molar-refractivity contribution in [3.8, 4) is 0 Å². The monoisotopic (exact) mass is 251 g/mol. The van der Waals surface area contributed by atoms with Crippen molar-refractivity contribution in [2.75, 3.05) is 0 Å². The van der Waals surface area contributed by atoms with Crippen molar-refractivity contribution in [2.24, 2.45) is 0 Å². The van der Waals surface area contributed by atoms with Gasteiger partial charge >= 0.3 is 5.97 Å². The molecule has 7 heteroatoms. The summed E-state index contributed by atoms with van der Waals surface area (Å²) in [7, 11) is 0. The van der Waals surface area contributed by atoms with Crippen LogP contribution in [0.3, 0.4) is 0 Å². The van der Waals surface area contributed by atoms with Gasteiger partial charge in [-0.15, -0.1) is 0 Å². The van der Waals surface area contributed by atoms with Crippen molar-refractivity contribution in [1.29, 1.82) is 0 Å². The number of aliphatic carboxylic acids is 1. The third kappa shape index (κ3) is 1.96. The van der Waals surface area contributed by atoms with E-state index in [0.29, 0.717) is 24.1 Å². The average Bonchev–Trinajstić information content (AvgIpc) is 2.97. The molecule has 0 aromatic carbocycles. The number of amides is 1. The van der Waals surface area contributed by atoms with Crippen molar-refractivity contribution in [1.82, 2.24) is 15.0 Å². The van der Waals surface area contributed by atoms with E-state index in [1.165, 1.54) is 4.90 Å². The van der Waals surface area contributed by atoms with Gasteiger partial charge in [0.2, 0.25) is 11.8 Å². The third-order valence-corrected chi connectivity index (χ3v) is 3.35. The quantitative estimate of drug-likeness (QED) is 0.838. The maximum atomic E-state index is 11.6. The molecule has 1 amide bonds. The number of rotatable bonds is 4. The molecule has 1 saturated heterocycles. The minimum atomic E-state index is -0.984. The number of carbonyl (C=O) groups excluding carboxylic acids is 1. The molecule has 3 rings (SSSR count). The predicted octanol–water partition coefficient (Wildman–Crippen LogP) is 0.523. The van der Waals surface area contributed by atoms with E-state index in [2.05, 4.69) is 10.1 Å². The van der Waals surface area contributed by atoms with Gasteiger partial charge in [-0.25, -0.2) is 4.79 Å². The number of nitrogens with zero attached hydrogens (tertiary/aromatic N) is 3. The summed E-state index contributed by atoms with van der Waals surface area (Å²) in [5, 5.41) is 12.9. The fraction of sp³-hybridized carbons (Fsp3) is 0.636. The van der Waals surface area contributed by atoms with Gasteiger partial charge in [0.15, 0.2) is 5.82 Å². The zero-order chi connectivity index (χ0) is 12.7. The topological polar surface area (TPSA) is 96.5 Å². The first-order valence-electron chi connectivity index (χ1n) is 6.00. The highest BCUT2D eigenvalue weighted by molar-refractivity contribution is 5.87. The lowest BCUT2D eigenvalue weighted by Gasteiger charge is -2.19. The normalized spacial score (nSPS) is 23.7. The highest BCUT2D eigenvalue weighted by Gasteiger charge is 2.37. The van der Waals surface area contributed by atoms with E-state index >= 15 is 0 Å². The van der Waals surface area contributed by atoms with Gasteiger partial charge in [0.05, 0.1) is 0 Å². The third-order valence-electron chi connectivity index (χ3n) is 3.35. The van der Waals surface area contributed by atoms with Crippen LogP contribution >= 0.6 is 0 Å². The van der Waals surface area contributed by atoms with E-state index in [9.17, 15) is 9.59 Å². The van der Waals surface area contributed by atoms with Gasteiger partial charge in [-0.1, -0.05) is 5.16 Å². The largest absolute Gasteiger partial charge is 0.480 e. The Morgan fingerprint density at radius 1 is 1.44 bits per heavy atom. The summed E-state index contributed by atoms with van der Waals surface area (Å²) in [4.78, 5) is 28.1. The zero-order valence-corrected chi connectivity index (χ0v) is 9.70. The van der Waals surface area contributed by atoms with E-state index in [1.54, 1.807) is 0 Å². The fourth-order valence-electron chi connectivity index (χ4n) is 2.17. The molecule has 1 unspecified atom stereocenters. The van der Waals surface area contributed by atoms with Crippen molar-refractivity contribution in [2.45, 2.75) is 44.2 Å². The van der Waals surface area contributed by atoms with E-state index in [4.69, 9.17) is 9.63 Å². The SMILES string of the molecule is O=C(O)C1CCC(=O)N1Cc1nc(C2CC2)no1. The predicted molar refractivity (Wildman–Crippen MR) is 57.5 cm³/mol. The summed E-state index contributed by atoms with van der Waals surface area (Å²) in [6.45, 7) is 0.0928. The second kappa shape index (κ2) is 4.08. The van der Waals surface area contributed by atoms with Crippen molar-refractivity contribution in [3.63, 3.8) is 0 Å². The second-order valence-electron chi connectivity index (χ2n) is 4.73. The van der Waals surface area contributed by atoms with Crippen LogP contribution in [-0.2, 0) is 16.1 Å². The molecule has 2 fully saturated rings. The lowest BCUT2D eigenvalue weighted by molar-refractivity contribution is -0.146. The van der Waals surface area contributed by atoms with Gasteiger partial charge in [-0.05, 0) is 19.3 Å². The highest BCUT2D eigenvalue weighted by Crippen LogP contribution is 2.38. The van der Waals surface area contributed by atoms with Crippen LogP contribution in [0.1, 0.15) is 43.3 Å². The van der Waals surface area contributed by atoms with Crippen LogP contribution in [0.5, 0.6) is 0 Å². The fourth-order valence-corrected chi connectivity index (χ4v) is 2.17. The van der Waals surface area contributed by atoms with Crippen LogP contribution in [0.15, 0.2) is 4.52 Å². The molecule has 0 bridgehead atoms. The van der Waals surface area contributed by atoms with Gasteiger partial charge < -0.3 is 14.5 Å². The van der Waals surface area contributed by atoms with Crippen molar-refractivity contribution >= 4 is 11.9 Å². The maximum Gasteiger partial charge on any atom is 0.326 e. The Balaban J connectivity index is 1.73. The Bertz CT molecular complexity index is 494. The summed E-state index contributed by atoms with van der Waals surface area (Å²) in [5.74, 6) is 0.213. The summed E-state index contributed by atoms with van der Waals surface area (Å²) in [6, 6.07) is -0.770. The van der Waals surface area contributed by atoms with Crippen molar-refractivity contribution in [3.05, 3.63) is 11.7 Å². The maximum absolute atomic E-state index is 11.6. The molecule has 7 nitrogen and oxygen atoms in total. The van der Waals surface area contributed by atoms with Gasteiger partial charge in [0.25, 0.3) is 0 Å². The molecular formula is C11H13N3O4. The number of likely N-dealkylation sites (tertiary alicyclic amines) is 1. The Hall–Kier alpha value is -1.92. The molecule has 1 N–H and O–H groups in total. The number of carboxylic acids is 1. The number of hydrogen-bond donors (Lipinski definition) is 1. The number of aromatic nitrogens is 2. The van der Waals surface area contributed by atoms with E-state index in [0.717, 1.165) is 12.8 Å². The van der Waals surface area contributed by atoms with Gasteiger partial charge in [-0.3, -0.25) is 4.79 Å². The smallest absolute Gasteiger partial charge is 0.326 e. The number of hydrogen-bond acceptors (Lipinski definition) is 5. The first-order valence-corrected chi connectivity index (χ1v) is 6.00. The molecule has 1 aromatic heterocycles. The molecule has 1 saturated carbocycles. The van der Waals surface area contributed by atoms with E-state index < -0.39 is 12.0 Å². The molecule has 1 aliphatic carbocycles. The molecule has 0 radical (unpaired) electrons. The minimum Gasteiger partial charge on any atom is -0.480 e. The Labute approximate surface area is 103 Å². The molecule has 1 aliphatic heterocycles. The number of carboxylic acid groups (broad SMARTS) is 1. The first-order chi connectivity index (χ1) is 8.65. The zero-order valence-electron chi connectivity index (χ0n) is 9.70. The molecule has 0 spiro atoms. The molecule has 1 atom stereocenters. The van der Waals surface area contributed by atoms with Crippen molar-refractivity contribution < 1.29 is 19.2 Å². The lowest BCUT2D eigenvalue weighted by Crippen LogP contribution is -2.38. The molecule has 18 heavy (non-hydrogen) atoms. The summed E-state index contributed by atoms with van der Waals surface area (Å²) < 4.78 is 5.06.